The monoisotopic (exact) mass is 107 g/mol. The fourth-order valence-corrected chi connectivity index (χ4v) is 0.664. The van der Waals surface area contributed by atoms with Crippen molar-refractivity contribution < 1.29 is 9.84 Å². The zero-order valence-corrected chi connectivity index (χ0v) is 4.05. The first-order chi connectivity index (χ1) is 3.88. The van der Waals surface area contributed by atoms with E-state index in [0.717, 1.165) is 5.75 Å². The van der Waals surface area contributed by atoms with Crippen LogP contribution < -0.4 is 4.74 Å². The average molecular weight is 107 g/mol. The molecular weight excluding hydrogens is 104 g/mol. The van der Waals surface area contributed by atoms with Gasteiger partial charge in [-0.1, -0.05) is 6.07 Å². The molecule has 1 aromatic carbocycles. The number of rotatable bonds is 0. The molecule has 2 nitrogen and oxygen atoms in total. The maximum absolute atomic E-state index is 10.5. The number of para-hydroxylation sites is 1. The number of hydrogen-bond donors (Lipinski definition) is 0. The molecule has 2 rings (SSSR count). The van der Waals surface area contributed by atoms with Crippen molar-refractivity contribution in [2.75, 3.05) is 0 Å². The molecule has 1 heterocycles. The van der Waals surface area contributed by atoms with Crippen molar-refractivity contribution in [1.82, 2.24) is 0 Å². The second-order valence-electron chi connectivity index (χ2n) is 1.69. The Morgan fingerprint density at radius 2 is 2.25 bits per heavy atom. The quantitative estimate of drug-likeness (QED) is 0.473. The van der Waals surface area contributed by atoms with Gasteiger partial charge in [-0.3, -0.25) is 5.11 Å². The zero-order valence-electron chi connectivity index (χ0n) is 4.05. The van der Waals surface area contributed by atoms with Crippen molar-refractivity contribution in [1.29, 1.82) is 0 Å². The Balaban J connectivity index is 2.70. The highest BCUT2D eigenvalue weighted by molar-refractivity contribution is 5.61. The van der Waals surface area contributed by atoms with Crippen LogP contribution in [0.1, 0.15) is 0 Å². The standard InChI is InChI=1S/C6H3O2/c7-4-2-1-3-5-6(4)8-5/h1-3H. The molecule has 0 unspecified atom stereocenters. The van der Waals surface area contributed by atoms with E-state index >= 15 is 0 Å². The molecule has 0 atom stereocenters. The number of benzene rings is 1. The summed E-state index contributed by atoms with van der Waals surface area (Å²) in [5, 5.41) is 10.5. The summed E-state index contributed by atoms with van der Waals surface area (Å²) < 4.78 is 4.76. The molecule has 1 aliphatic rings. The molecule has 0 bridgehead atoms. The van der Waals surface area contributed by atoms with Gasteiger partial charge in [-0.15, -0.1) is 0 Å². The third-order valence-corrected chi connectivity index (χ3v) is 1.11. The topological polar surface area (TPSA) is 32.4 Å². The molecule has 1 radical (unpaired) electrons. The summed E-state index contributed by atoms with van der Waals surface area (Å²) in [6.45, 7) is 0. The Morgan fingerprint density at radius 1 is 1.38 bits per heavy atom. The van der Waals surface area contributed by atoms with Crippen LogP contribution >= 0.6 is 0 Å². The Labute approximate surface area is 46.3 Å². The molecule has 39 valence electrons. The van der Waals surface area contributed by atoms with Crippen LogP contribution in [-0.2, 0) is 5.11 Å². The van der Waals surface area contributed by atoms with E-state index in [0.29, 0.717) is 5.75 Å². The van der Waals surface area contributed by atoms with Crippen LogP contribution in [0.5, 0.6) is 17.2 Å². The van der Waals surface area contributed by atoms with Gasteiger partial charge in [-0.25, -0.2) is 0 Å². The van der Waals surface area contributed by atoms with Gasteiger partial charge in [-0.05, 0) is 12.1 Å². The van der Waals surface area contributed by atoms with Gasteiger partial charge in [0.1, 0.15) is 0 Å². The molecule has 0 spiro atoms. The van der Waals surface area contributed by atoms with Gasteiger partial charge in [0.25, 0.3) is 0 Å². The van der Waals surface area contributed by atoms with Crippen LogP contribution in [0.3, 0.4) is 0 Å². The Morgan fingerprint density at radius 3 is 2.88 bits per heavy atom. The van der Waals surface area contributed by atoms with Gasteiger partial charge < -0.3 is 4.74 Å². The van der Waals surface area contributed by atoms with Crippen molar-refractivity contribution in [3.05, 3.63) is 18.2 Å². The SMILES string of the molecule is [O]c1cccc2c1O2. The minimum Gasteiger partial charge on any atom is -0.445 e. The van der Waals surface area contributed by atoms with Crippen LogP contribution in [0.15, 0.2) is 18.2 Å². The lowest BCUT2D eigenvalue weighted by Gasteiger charge is -1.71. The maximum Gasteiger partial charge on any atom is 0.224 e. The van der Waals surface area contributed by atoms with Crippen LogP contribution in [0.2, 0.25) is 0 Å². The highest BCUT2D eigenvalue weighted by Gasteiger charge is 2.24. The highest BCUT2D eigenvalue weighted by atomic mass is 16.6. The van der Waals surface area contributed by atoms with Crippen LogP contribution in [0.4, 0.5) is 0 Å². The van der Waals surface area contributed by atoms with Crippen LogP contribution in [-0.4, -0.2) is 0 Å². The molecule has 0 saturated carbocycles. The molecule has 0 aliphatic carbocycles. The largest absolute Gasteiger partial charge is 0.445 e. The van der Waals surface area contributed by atoms with Crippen molar-refractivity contribution >= 4 is 0 Å². The first kappa shape index (κ1) is 3.78. The normalized spacial score (nSPS) is 12.0. The lowest BCUT2D eigenvalue weighted by atomic mass is 10.3. The molecule has 0 fully saturated rings. The maximum atomic E-state index is 10.5. The lowest BCUT2D eigenvalue weighted by Crippen LogP contribution is -1.47. The number of fused-ring (bicyclic) bond motifs is 1. The third-order valence-electron chi connectivity index (χ3n) is 1.11. The Bertz CT molecular complexity index is 230. The highest BCUT2D eigenvalue weighted by Crippen LogP contribution is 2.51. The predicted molar refractivity (Wildman–Crippen MR) is 26.6 cm³/mol. The Kier molecular flexibility index (Phi) is 0.457. The molecule has 1 aliphatic heterocycles. The smallest absolute Gasteiger partial charge is 0.224 e. The summed E-state index contributed by atoms with van der Waals surface area (Å²) in [5.41, 5.74) is 0. The first-order valence-corrected chi connectivity index (χ1v) is 2.36. The summed E-state index contributed by atoms with van der Waals surface area (Å²) in [6.07, 6.45) is 0. The van der Waals surface area contributed by atoms with Crippen molar-refractivity contribution in [3.8, 4) is 17.2 Å². The van der Waals surface area contributed by atoms with E-state index in [1.165, 1.54) is 6.07 Å². The summed E-state index contributed by atoms with van der Waals surface area (Å²) >= 11 is 0. The van der Waals surface area contributed by atoms with E-state index < -0.39 is 0 Å². The van der Waals surface area contributed by atoms with Crippen LogP contribution in [0.25, 0.3) is 0 Å². The fraction of sp³-hybridized carbons (Fsp3) is 0. The third kappa shape index (κ3) is 0.320. The summed E-state index contributed by atoms with van der Waals surface area (Å²) in [5.74, 6) is 1.24. The van der Waals surface area contributed by atoms with E-state index in [9.17, 15) is 5.11 Å². The molecule has 8 heavy (non-hydrogen) atoms. The predicted octanol–water partition coefficient (Wildman–Crippen LogP) is 1.94. The van der Waals surface area contributed by atoms with Crippen LogP contribution in [0, 0.1) is 0 Å². The van der Waals surface area contributed by atoms with E-state index in [2.05, 4.69) is 0 Å². The van der Waals surface area contributed by atoms with E-state index in [1.807, 2.05) is 0 Å². The number of ether oxygens (including phenoxy) is 1. The molecular formula is C6H3O2. The summed E-state index contributed by atoms with van der Waals surface area (Å²) in [7, 11) is 0. The summed E-state index contributed by atoms with van der Waals surface area (Å²) in [4.78, 5) is 0. The van der Waals surface area contributed by atoms with Gasteiger partial charge in [-0.2, -0.15) is 0 Å². The molecule has 0 aromatic heterocycles. The van der Waals surface area contributed by atoms with Crippen molar-refractivity contribution in [2.24, 2.45) is 0 Å². The molecule has 0 N–H and O–H groups in total. The van der Waals surface area contributed by atoms with Gasteiger partial charge >= 0.3 is 0 Å². The van der Waals surface area contributed by atoms with E-state index in [-0.39, 0.29) is 5.75 Å². The molecule has 2 heteroatoms. The van der Waals surface area contributed by atoms with Gasteiger partial charge in [0.2, 0.25) is 11.5 Å². The second-order valence-corrected chi connectivity index (χ2v) is 1.69. The van der Waals surface area contributed by atoms with E-state index in [4.69, 9.17) is 4.74 Å². The van der Waals surface area contributed by atoms with Gasteiger partial charge in [0.15, 0.2) is 5.75 Å². The van der Waals surface area contributed by atoms with Crippen molar-refractivity contribution in [2.45, 2.75) is 0 Å². The fourth-order valence-electron chi connectivity index (χ4n) is 0.664. The van der Waals surface area contributed by atoms with E-state index in [1.54, 1.807) is 12.1 Å². The average Bonchev–Trinajstić information content (AvgIpc) is 2.45. The molecule has 1 aromatic rings. The lowest BCUT2D eigenvalue weighted by molar-refractivity contribution is 0.350. The van der Waals surface area contributed by atoms with Crippen molar-refractivity contribution in [3.63, 3.8) is 0 Å². The van der Waals surface area contributed by atoms with Gasteiger partial charge in [0, 0.05) is 0 Å². The number of hydrogen-bond acceptors (Lipinski definition) is 1. The molecule has 0 saturated heterocycles. The first-order valence-electron chi connectivity index (χ1n) is 2.36. The summed E-state index contributed by atoms with van der Waals surface area (Å²) in [6, 6.07) is 4.96. The minimum atomic E-state index is -0.0116. The zero-order chi connectivity index (χ0) is 5.56. The minimum absolute atomic E-state index is 0.0116. The van der Waals surface area contributed by atoms with Gasteiger partial charge in [0.05, 0.1) is 0 Å². The second kappa shape index (κ2) is 0.968. The Hall–Kier alpha value is -1.18. The molecule has 0 amide bonds.